The second kappa shape index (κ2) is 8.93. The lowest BCUT2D eigenvalue weighted by molar-refractivity contribution is 0.0950. The summed E-state index contributed by atoms with van der Waals surface area (Å²) in [5.74, 6) is -0.338. The highest BCUT2D eigenvalue weighted by molar-refractivity contribution is 6.03. The van der Waals surface area contributed by atoms with Crippen LogP contribution in [0.4, 0.5) is 0 Å². The molecule has 1 amide bonds. The van der Waals surface area contributed by atoms with E-state index in [2.05, 4.69) is 69.3 Å². The predicted molar refractivity (Wildman–Crippen MR) is 133 cm³/mol. The fourth-order valence-electron chi connectivity index (χ4n) is 3.72. The van der Waals surface area contributed by atoms with Gasteiger partial charge in [-0.15, -0.1) is 0 Å². The minimum Gasteiger partial charge on any atom is -0.272 e. The average Bonchev–Trinajstić information content (AvgIpc) is 3.38. The summed E-state index contributed by atoms with van der Waals surface area (Å²) >= 11 is 0. The number of amides is 1. The number of benzene rings is 4. The molecule has 1 aromatic heterocycles. The van der Waals surface area contributed by atoms with E-state index >= 15 is 0 Å². The van der Waals surface area contributed by atoms with Crippen molar-refractivity contribution in [2.45, 2.75) is 6.92 Å². The number of nitrogens with one attached hydrogen (secondary N) is 2. The summed E-state index contributed by atoms with van der Waals surface area (Å²) in [6, 6.07) is 34.3. The largest absolute Gasteiger partial charge is 0.289 e. The third-order valence-corrected chi connectivity index (χ3v) is 5.60. The first kappa shape index (κ1) is 20.4. The first-order valence-corrected chi connectivity index (χ1v) is 10.7. The normalized spacial score (nSPS) is 11.5. The van der Waals surface area contributed by atoms with Crippen LogP contribution in [0, 0.1) is 0 Å². The van der Waals surface area contributed by atoms with Crippen molar-refractivity contribution in [2.24, 2.45) is 5.10 Å². The van der Waals surface area contributed by atoms with Crippen LogP contribution in [-0.2, 0) is 0 Å². The third-order valence-electron chi connectivity index (χ3n) is 5.60. The number of fused-ring (bicyclic) bond motifs is 1. The molecule has 2 N–H and O–H groups in total. The zero-order valence-electron chi connectivity index (χ0n) is 18.1. The lowest BCUT2D eigenvalue weighted by atomic mass is 10.0. The third kappa shape index (κ3) is 4.43. The van der Waals surface area contributed by atoms with E-state index in [0.717, 1.165) is 33.4 Å². The lowest BCUT2D eigenvalue weighted by Gasteiger charge is -2.04. The van der Waals surface area contributed by atoms with Gasteiger partial charge in [0.25, 0.3) is 5.91 Å². The molecular formula is C28H22N4O. The van der Waals surface area contributed by atoms with Crippen molar-refractivity contribution in [3.63, 3.8) is 0 Å². The van der Waals surface area contributed by atoms with Gasteiger partial charge in [0.15, 0.2) is 0 Å². The topological polar surface area (TPSA) is 70.1 Å². The monoisotopic (exact) mass is 430 g/mol. The Morgan fingerprint density at radius 1 is 0.758 bits per heavy atom. The van der Waals surface area contributed by atoms with E-state index in [9.17, 15) is 4.79 Å². The van der Waals surface area contributed by atoms with Crippen molar-refractivity contribution in [1.29, 1.82) is 0 Å². The number of hydrogen-bond donors (Lipinski definition) is 2. The Morgan fingerprint density at radius 3 is 2.21 bits per heavy atom. The second-order valence-electron chi connectivity index (χ2n) is 7.81. The van der Waals surface area contributed by atoms with Gasteiger partial charge in [0, 0.05) is 5.56 Å². The maximum atomic E-state index is 12.6. The van der Waals surface area contributed by atoms with Gasteiger partial charge in [-0.1, -0.05) is 91.0 Å². The van der Waals surface area contributed by atoms with Crippen molar-refractivity contribution in [1.82, 2.24) is 15.6 Å². The molecule has 0 unspecified atom stereocenters. The minimum atomic E-state index is -0.338. The summed E-state index contributed by atoms with van der Waals surface area (Å²) in [4.78, 5) is 12.6. The van der Waals surface area contributed by atoms with Crippen LogP contribution in [0.5, 0.6) is 0 Å². The summed E-state index contributed by atoms with van der Waals surface area (Å²) < 4.78 is 0. The van der Waals surface area contributed by atoms with Crippen LogP contribution in [0.2, 0.25) is 0 Å². The van der Waals surface area contributed by atoms with Crippen LogP contribution in [0.1, 0.15) is 23.0 Å². The summed E-state index contributed by atoms with van der Waals surface area (Å²) in [6.07, 6.45) is 0. The number of aromatic amines is 1. The number of hydrogen-bond acceptors (Lipinski definition) is 3. The van der Waals surface area contributed by atoms with Gasteiger partial charge in [-0.25, -0.2) is 5.43 Å². The van der Waals surface area contributed by atoms with Gasteiger partial charge >= 0.3 is 0 Å². The van der Waals surface area contributed by atoms with Gasteiger partial charge in [-0.2, -0.15) is 10.2 Å². The summed E-state index contributed by atoms with van der Waals surface area (Å²) in [7, 11) is 0. The zero-order chi connectivity index (χ0) is 22.6. The van der Waals surface area contributed by atoms with Crippen molar-refractivity contribution < 1.29 is 4.79 Å². The van der Waals surface area contributed by atoms with Crippen LogP contribution < -0.4 is 5.43 Å². The van der Waals surface area contributed by atoms with Crippen LogP contribution in [0.15, 0.2) is 108 Å². The van der Waals surface area contributed by atoms with Crippen LogP contribution >= 0.6 is 0 Å². The zero-order valence-corrected chi connectivity index (χ0v) is 18.1. The van der Waals surface area contributed by atoms with E-state index in [1.165, 1.54) is 5.39 Å². The van der Waals surface area contributed by atoms with Gasteiger partial charge in [0.1, 0.15) is 5.69 Å². The Bertz CT molecular complexity index is 1450. The van der Waals surface area contributed by atoms with E-state index in [-0.39, 0.29) is 5.91 Å². The van der Waals surface area contributed by atoms with Gasteiger partial charge in [-0.3, -0.25) is 9.89 Å². The molecule has 5 nitrogen and oxygen atoms in total. The highest BCUT2D eigenvalue weighted by Crippen LogP contribution is 2.24. The van der Waals surface area contributed by atoms with Gasteiger partial charge in [-0.05, 0) is 46.5 Å². The molecule has 160 valence electrons. The fourth-order valence-corrected chi connectivity index (χ4v) is 3.72. The van der Waals surface area contributed by atoms with Crippen molar-refractivity contribution in [3.05, 3.63) is 114 Å². The maximum Gasteiger partial charge on any atom is 0.289 e. The quantitative estimate of drug-likeness (QED) is 0.263. The molecule has 0 saturated carbocycles. The highest BCUT2D eigenvalue weighted by Gasteiger charge is 2.11. The summed E-state index contributed by atoms with van der Waals surface area (Å²) in [5.41, 5.74) is 8.58. The standard InChI is InChI=1S/C28H22N4O/c1-19(24-16-13-21-9-5-6-10-25(21)17-24)29-32-28(33)27-18-26(30-31-27)23-14-11-22(12-15-23)20-7-3-2-4-8-20/h2-18H,1H3,(H,30,31)(H,32,33)/b29-19+. The minimum absolute atomic E-state index is 0.338. The molecule has 0 aliphatic rings. The molecule has 0 fully saturated rings. The van der Waals surface area contributed by atoms with Crippen molar-refractivity contribution in [3.8, 4) is 22.4 Å². The molecule has 5 aromatic rings. The first-order chi connectivity index (χ1) is 16.2. The van der Waals surface area contributed by atoms with E-state index < -0.39 is 0 Å². The molecule has 0 spiro atoms. The predicted octanol–water partition coefficient (Wildman–Crippen LogP) is 6.05. The highest BCUT2D eigenvalue weighted by atomic mass is 16.2. The Labute approximate surface area is 191 Å². The number of aromatic nitrogens is 2. The Hall–Kier alpha value is -4.51. The van der Waals surface area contributed by atoms with Gasteiger partial charge in [0.05, 0.1) is 11.4 Å². The van der Waals surface area contributed by atoms with E-state index in [1.54, 1.807) is 6.07 Å². The smallest absolute Gasteiger partial charge is 0.272 e. The maximum absolute atomic E-state index is 12.6. The van der Waals surface area contributed by atoms with Crippen molar-refractivity contribution in [2.75, 3.05) is 0 Å². The molecule has 0 aliphatic heterocycles. The fraction of sp³-hybridized carbons (Fsp3) is 0.0357. The molecule has 0 bridgehead atoms. The lowest BCUT2D eigenvalue weighted by Crippen LogP contribution is -2.19. The Morgan fingerprint density at radius 2 is 1.42 bits per heavy atom. The average molecular weight is 431 g/mol. The number of nitrogens with zero attached hydrogens (tertiary/aromatic N) is 2. The summed E-state index contributed by atoms with van der Waals surface area (Å²) in [6.45, 7) is 1.87. The van der Waals surface area contributed by atoms with E-state index in [4.69, 9.17) is 0 Å². The Kier molecular flexibility index (Phi) is 5.52. The molecule has 4 aromatic carbocycles. The van der Waals surface area contributed by atoms with Gasteiger partial charge < -0.3 is 0 Å². The number of hydrazone groups is 1. The number of rotatable bonds is 5. The Balaban J connectivity index is 1.28. The molecule has 1 heterocycles. The van der Waals surface area contributed by atoms with E-state index in [1.807, 2.05) is 55.5 Å². The van der Waals surface area contributed by atoms with Crippen LogP contribution in [0.25, 0.3) is 33.2 Å². The first-order valence-electron chi connectivity index (χ1n) is 10.7. The van der Waals surface area contributed by atoms with Crippen LogP contribution in [-0.4, -0.2) is 21.8 Å². The van der Waals surface area contributed by atoms with Crippen molar-refractivity contribution >= 4 is 22.4 Å². The molecular weight excluding hydrogens is 408 g/mol. The van der Waals surface area contributed by atoms with E-state index in [0.29, 0.717) is 11.4 Å². The molecule has 0 aliphatic carbocycles. The number of carbonyl (C=O) groups excluding carboxylic acids is 1. The molecule has 5 rings (SSSR count). The molecule has 33 heavy (non-hydrogen) atoms. The van der Waals surface area contributed by atoms with Crippen LogP contribution in [0.3, 0.4) is 0 Å². The van der Waals surface area contributed by atoms with Gasteiger partial charge in [0.2, 0.25) is 0 Å². The second-order valence-corrected chi connectivity index (χ2v) is 7.81. The summed E-state index contributed by atoms with van der Waals surface area (Å²) in [5, 5.41) is 13.7. The number of H-pyrrole nitrogens is 1. The number of carbonyl (C=O) groups is 1. The molecule has 0 atom stereocenters. The molecule has 5 heteroatoms. The molecule has 0 saturated heterocycles. The molecule has 0 radical (unpaired) electrons. The SMILES string of the molecule is C/C(=N\NC(=O)c1cc(-c2ccc(-c3ccccc3)cc2)n[nH]1)c1ccc2ccccc2c1.